The Hall–Kier alpha value is 0.184. The summed E-state index contributed by atoms with van der Waals surface area (Å²) in [4.78, 5) is 19.3. The molecule has 0 bridgehead atoms. The molecule has 0 fully saturated rings. The van der Waals surface area contributed by atoms with Crippen molar-refractivity contribution in [1.29, 1.82) is 0 Å². The molecule has 0 saturated carbocycles. The zero-order chi connectivity index (χ0) is 5.70. The van der Waals surface area contributed by atoms with E-state index in [9.17, 15) is 9.59 Å². The molecule has 0 spiro atoms. The van der Waals surface area contributed by atoms with Crippen LogP contribution in [0.4, 0.5) is 0 Å². The van der Waals surface area contributed by atoms with Crippen molar-refractivity contribution in [3.05, 3.63) is 12.2 Å². The fourth-order valence-corrected chi connectivity index (χ4v) is 0.151. The average molecular weight is 186 g/mol. The van der Waals surface area contributed by atoms with Gasteiger partial charge >= 0.3 is 0 Å². The number of ketones is 1. The smallest absolute Gasteiger partial charge is 0.0733 e. The fraction of sp³-hybridized carbons (Fsp3) is 0.200. The number of hydrogen-bond acceptors (Lipinski definition) is 2. The fourth-order valence-electron chi connectivity index (χ4n) is 0.151. The summed E-state index contributed by atoms with van der Waals surface area (Å²) in [5, 5.41) is 0. The SMILES string of the molecule is CC(=O)/C=C/[C-]=O.[Y]. The number of carbonyl (C=O) groups excluding carboxylic acids is 2. The Kier molecular flexibility index (Phi) is 9.92. The van der Waals surface area contributed by atoms with Crippen molar-refractivity contribution in [3.8, 4) is 0 Å². The van der Waals surface area contributed by atoms with Gasteiger partial charge in [0, 0.05) is 32.7 Å². The molecule has 3 heteroatoms. The van der Waals surface area contributed by atoms with Gasteiger partial charge in [0.15, 0.2) is 0 Å². The molecular weight excluding hydrogens is 181 g/mol. The van der Waals surface area contributed by atoms with Crippen LogP contribution in [0.1, 0.15) is 6.92 Å². The molecule has 2 nitrogen and oxygen atoms in total. The number of allylic oxidation sites excluding steroid dienone is 2. The predicted octanol–water partition coefficient (Wildman–Crippen LogP) is 0.239. The van der Waals surface area contributed by atoms with Crippen molar-refractivity contribution < 1.29 is 42.3 Å². The second-order valence-corrected chi connectivity index (χ2v) is 1.06. The van der Waals surface area contributed by atoms with Gasteiger partial charge in [-0.25, -0.2) is 0 Å². The normalized spacial score (nSPS) is 8.12. The second kappa shape index (κ2) is 7.18. The van der Waals surface area contributed by atoms with E-state index < -0.39 is 0 Å². The van der Waals surface area contributed by atoms with Crippen molar-refractivity contribution in [2.75, 3.05) is 0 Å². The van der Waals surface area contributed by atoms with Gasteiger partial charge in [-0.1, -0.05) is 0 Å². The van der Waals surface area contributed by atoms with E-state index in [-0.39, 0.29) is 38.5 Å². The summed E-state index contributed by atoms with van der Waals surface area (Å²) in [5.41, 5.74) is 0. The van der Waals surface area contributed by atoms with Crippen molar-refractivity contribution in [2.24, 2.45) is 0 Å². The van der Waals surface area contributed by atoms with E-state index in [1.54, 1.807) is 0 Å². The van der Waals surface area contributed by atoms with E-state index >= 15 is 0 Å². The van der Waals surface area contributed by atoms with Crippen LogP contribution in [0.5, 0.6) is 0 Å². The van der Waals surface area contributed by atoms with E-state index in [0.717, 1.165) is 12.2 Å². The van der Waals surface area contributed by atoms with Crippen molar-refractivity contribution in [1.82, 2.24) is 0 Å². The Morgan fingerprint density at radius 3 is 2.25 bits per heavy atom. The van der Waals surface area contributed by atoms with Gasteiger partial charge in [-0.05, 0) is 13.2 Å². The Balaban J connectivity index is 0. The summed E-state index contributed by atoms with van der Waals surface area (Å²) in [7, 11) is 0. The van der Waals surface area contributed by atoms with Gasteiger partial charge in [-0.2, -0.15) is 12.2 Å². The molecule has 0 saturated heterocycles. The predicted molar refractivity (Wildman–Crippen MR) is 25.5 cm³/mol. The first-order chi connectivity index (χ1) is 3.27. The molecule has 0 aromatic carbocycles. The maximum absolute atomic E-state index is 9.94. The average Bonchev–Trinajstić information content (AvgIpc) is 1.61. The summed E-state index contributed by atoms with van der Waals surface area (Å²) in [5.74, 6) is -0.136. The summed E-state index contributed by atoms with van der Waals surface area (Å²) < 4.78 is 0. The first-order valence-corrected chi connectivity index (χ1v) is 1.82. The molecule has 0 N–H and O–H groups in total. The molecule has 0 aliphatic heterocycles. The molecule has 0 unspecified atom stereocenters. The molecule has 0 heterocycles. The minimum atomic E-state index is -0.136. The first kappa shape index (κ1) is 11.0. The molecule has 0 aliphatic carbocycles. The van der Waals surface area contributed by atoms with Crippen LogP contribution in [0.25, 0.3) is 0 Å². The standard InChI is InChI=1S/C5H5O2.Y/c1-5(7)3-2-4-6;/h2-3H,1H3;/q-1;/b3-2+;. The molecule has 0 amide bonds. The summed E-state index contributed by atoms with van der Waals surface area (Å²) in [6, 6.07) is 0. The maximum atomic E-state index is 9.94. The van der Waals surface area contributed by atoms with Gasteiger partial charge in [-0.3, -0.25) is 0 Å². The third-order valence-corrected chi connectivity index (χ3v) is 0.386. The van der Waals surface area contributed by atoms with E-state index in [1.165, 1.54) is 13.2 Å². The zero-order valence-electron chi connectivity index (χ0n) is 4.55. The van der Waals surface area contributed by atoms with Gasteiger partial charge in [0.25, 0.3) is 0 Å². The first-order valence-electron chi connectivity index (χ1n) is 1.82. The number of hydrogen-bond donors (Lipinski definition) is 0. The van der Waals surface area contributed by atoms with Crippen LogP contribution in [-0.4, -0.2) is 12.1 Å². The number of rotatable bonds is 2. The van der Waals surface area contributed by atoms with Crippen molar-refractivity contribution >= 4 is 12.1 Å². The van der Waals surface area contributed by atoms with Crippen LogP contribution in [0.15, 0.2) is 12.2 Å². The van der Waals surface area contributed by atoms with Crippen molar-refractivity contribution in [3.63, 3.8) is 0 Å². The Bertz CT molecular complexity index is 107. The molecule has 0 aliphatic rings. The second-order valence-electron chi connectivity index (χ2n) is 1.06. The zero-order valence-corrected chi connectivity index (χ0v) is 7.39. The Morgan fingerprint density at radius 1 is 1.62 bits per heavy atom. The monoisotopic (exact) mass is 186 g/mol. The Labute approximate surface area is 73.2 Å². The van der Waals surface area contributed by atoms with E-state index in [4.69, 9.17) is 0 Å². The summed E-state index contributed by atoms with van der Waals surface area (Å²) in [6.07, 6.45) is 3.65. The maximum Gasteiger partial charge on any atom is 0.0733 e. The van der Waals surface area contributed by atoms with Gasteiger partial charge in [0.2, 0.25) is 0 Å². The Morgan fingerprint density at radius 2 is 2.12 bits per heavy atom. The minimum Gasteiger partial charge on any atom is -0.419 e. The van der Waals surface area contributed by atoms with Crippen molar-refractivity contribution in [2.45, 2.75) is 6.92 Å². The van der Waals surface area contributed by atoms with Crippen LogP contribution in [0, 0.1) is 0 Å². The van der Waals surface area contributed by atoms with Gasteiger partial charge in [0.1, 0.15) is 0 Å². The van der Waals surface area contributed by atoms with Crippen LogP contribution in [0.3, 0.4) is 0 Å². The molecule has 0 atom stereocenters. The topological polar surface area (TPSA) is 34.1 Å². The molecule has 0 aromatic heterocycles. The van der Waals surface area contributed by atoms with Gasteiger partial charge in [-0.15, -0.1) is 0 Å². The molecular formula is C5H5O2Y-. The minimum absolute atomic E-state index is 0. The van der Waals surface area contributed by atoms with Gasteiger partial charge < -0.3 is 9.59 Å². The van der Waals surface area contributed by atoms with E-state index in [2.05, 4.69) is 0 Å². The molecule has 41 valence electrons. The summed E-state index contributed by atoms with van der Waals surface area (Å²) >= 11 is 0. The molecule has 0 rings (SSSR count). The summed E-state index contributed by atoms with van der Waals surface area (Å²) in [6.45, 7) is 1.37. The van der Waals surface area contributed by atoms with Crippen LogP contribution >= 0.6 is 0 Å². The third kappa shape index (κ3) is 9.49. The molecule has 1 radical (unpaired) electrons. The largest absolute Gasteiger partial charge is 0.419 e. The van der Waals surface area contributed by atoms with Crippen LogP contribution in [-0.2, 0) is 42.3 Å². The third-order valence-electron chi connectivity index (χ3n) is 0.386. The molecule has 8 heavy (non-hydrogen) atoms. The van der Waals surface area contributed by atoms with Gasteiger partial charge in [0.05, 0.1) is 5.78 Å². The van der Waals surface area contributed by atoms with E-state index in [0.29, 0.717) is 0 Å². The quantitative estimate of drug-likeness (QED) is 0.457. The number of carbonyl (C=O) groups is 1. The van der Waals surface area contributed by atoms with E-state index in [1.807, 2.05) is 0 Å². The van der Waals surface area contributed by atoms with Crippen LogP contribution in [0.2, 0.25) is 0 Å². The van der Waals surface area contributed by atoms with Crippen LogP contribution < -0.4 is 0 Å². The molecule has 0 aromatic rings.